The molecule has 4 nitrogen and oxygen atoms in total. The molecule has 1 atom stereocenters. The molecular weight excluding hydrogens is 144 g/mol. The third-order valence-corrected chi connectivity index (χ3v) is 1.37. The van der Waals surface area contributed by atoms with Crippen molar-refractivity contribution in [3.05, 3.63) is 0 Å². The quantitative estimate of drug-likeness (QED) is 0.461. The van der Waals surface area contributed by atoms with E-state index >= 15 is 0 Å². The highest BCUT2D eigenvalue weighted by Crippen LogP contribution is 2.02. The maximum atomic E-state index is 10.5. The van der Waals surface area contributed by atoms with Gasteiger partial charge in [-0.25, -0.2) is 4.79 Å². The van der Waals surface area contributed by atoms with E-state index in [1.54, 1.807) is 0 Å². The number of unbranched alkanes of at least 4 members (excludes halogenated alkanes) is 1. The van der Waals surface area contributed by atoms with Crippen LogP contribution in [0.25, 0.3) is 0 Å². The van der Waals surface area contributed by atoms with Gasteiger partial charge in [-0.1, -0.05) is 19.8 Å². The summed E-state index contributed by atoms with van der Waals surface area (Å²) in [6.07, 6.45) is 3.68. The van der Waals surface area contributed by atoms with Crippen molar-refractivity contribution in [1.29, 1.82) is 0 Å². The lowest BCUT2D eigenvalue weighted by Crippen LogP contribution is -2.26. The van der Waals surface area contributed by atoms with Gasteiger partial charge in [0.15, 0.2) is 0 Å². The van der Waals surface area contributed by atoms with Crippen LogP contribution in [-0.4, -0.2) is 18.0 Å². The smallest absolute Gasteiger partial charge is 0.243 e. The van der Waals surface area contributed by atoms with E-state index in [1.165, 1.54) is 6.08 Å². The van der Waals surface area contributed by atoms with Gasteiger partial charge in [0, 0.05) is 0 Å². The molecule has 0 aliphatic rings. The molecule has 2 N–H and O–H groups in total. The SMILES string of the molecule is CCCCC(N=C=O)C(N)=O. The Balaban J connectivity index is 3.89. The Hall–Kier alpha value is -1.15. The molecule has 0 aliphatic heterocycles. The zero-order valence-corrected chi connectivity index (χ0v) is 6.54. The molecule has 0 saturated heterocycles. The first-order valence-electron chi connectivity index (χ1n) is 3.58. The van der Waals surface area contributed by atoms with Gasteiger partial charge in [0.25, 0.3) is 0 Å². The van der Waals surface area contributed by atoms with Crippen LogP contribution in [0, 0.1) is 0 Å². The second-order valence-electron chi connectivity index (χ2n) is 2.28. The minimum Gasteiger partial charge on any atom is -0.368 e. The van der Waals surface area contributed by atoms with E-state index in [2.05, 4.69) is 4.99 Å². The fraction of sp³-hybridized carbons (Fsp3) is 0.714. The van der Waals surface area contributed by atoms with Crippen molar-refractivity contribution in [2.75, 3.05) is 0 Å². The van der Waals surface area contributed by atoms with Crippen molar-refractivity contribution in [2.24, 2.45) is 10.7 Å². The average molecular weight is 156 g/mol. The Morgan fingerprint density at radius 2 is 2.36 bits per heavy atom. The number of carbonyl (C=O) groups is 1. The molecule has 0 aromatic rings. The number of hydrogen-bond donors (Lipinski definition) is 1. The van der Waals surface area contributed by atoms with Crippen LogP contribution < -0.4 is 5.73 Å². The zero-order chi connectivity index (χ0) is 8.69. The van der Waals surface area contributed by atoms with Crippen molar-refractivity contribution in [2.45, 2.75) is 32.2 Å². The van der Waals surface area contributed by atoms with Crippen LogP contribution in [0.1, 0.15) is 26.2 Å². The van der Waals surface area contributed by atoms with E-state index in [0.29, 0.717) is 6.42 Å². The second-order valence-corrected chi connectivity index (χ2v) is 2.28. The summed E-state index contributed by atoms with van der Waals surface area (Å²) in [6.45, 7) is 1.99. The third kappa shape index (κ3) is 4.28. The van der Waals surface area contributed by atoms with Gasteiger partial charge < -0.3 is 5.73 Å². The summed E-state index contributed by atoms with van der Waals surface area (Å²) in [5, 5.41) is 0. The predicted molar refractivity (Wildman–Crippen MR) is 40.6 cm³/mol. The number of nitrogens with zero attached hydrogens (tertiary/aromatic N) is 1. The number of aliphatic imine (C=N–C) groups is 1. The Bertz CT molecular complexity index is 171. The first-order chi connectivity index (χ1) is 5.22. The van der Waals surface area contributed by atoms with Gasteiger partial charge >= 0.3 is 0 Å². The number of nitrogens with two attached hydrogens (primary N) is 1. The first-order valence-corrected chi connectivity index (χ1v) is 3.58. The Morgan fingerprint density at radius 3 is 2.73 bits per heavy atom. The Kier molecular flexibility index (Phi) is 5.03. The molecule has 0 aliphatic carbocycles. The molecule has 0 saturated carbocycles. The van der Waals surface area contributed by atoms with Crippen molar-refractivity contribution in [3.8, 4) is 0 Å². The monoisotopic (exact) mass is 156 g/mol. The molecule has 0 rings (SSSR count). The number of amides is 1. The van der Waals surface area contributed by atoms with Crippen LogP contribution in [0.2, 0.25) is 0 Å². The van der Waals surface area contributed by atoms with Gasteiger partial charge in [-0.05, 0) is 6.42 Å². The van der Waals surface area contributed by atoms with Gasteiger partial charge in [0.05, 0.1) is 0 Å². The summed E-state index contributed by atoms with van der Waals surface area (Å²) in [5.41, 5.74) is 4.95. The molecule has 11 heavy (non-hydrogen) atoms. The fourth-order valence-corrected chi connectivity index (χ4v) is 0.732. The molecule has 0 fully saturated rings. The van der Waals surface area contributed by atoms with Gasteiger partial charge in [0.2, 0.25) is 12.0 Å². The van der Waals surface area contributed by atoms with Crippen LogP contribution in [-0.2, 0) is 9.59 Å². The highest BCUT2D eigenvalue weighted by molar-refractivity contribution is 5.80. The van der Waals surface area contributed by atoms with Crippen molar-refractivity contribution < 1.29 is 9.59 Å². The number of hydrogen-bond acceptors (Lipinski definition) is 3. The lowest BCUT2D eigenvalue weighted by molar-refractivity contribution is -0.119. The van der Waals surface area contributed by atoms with Crippen molar-refractivity contribution in [1.82, 2.24) is 0 Å². The van der Waals surface area contributed by atoms with Crippen LogP contribution in [0.15, 0.2) is 4.99 Å². The molecule has 0 aromatic heterocycles. The molecule has 4 heteroatoms. The summed E-state index contributed by atoms with van der Waals surface area (Å²) in [6, 6.07) is -0.674. The maximum absolute atomic E-state index is 10.5. The lowest BCUT2D eigenvalue weighted by Gasteiger charge is -2.03. The highest BCUT2D eigenvalue weighted by atomic mass is 16.1. The van der Waals surface area contributed by atoms with Crippen LogP contribution in [0.3, 0.4) is 0 Å². The lowest BCUT2D eigenvalue weighted by atomic mass is 10.1. The van der Waals surface area contributed by atoms with Gasteiger partial charge in [-0.2, -0.15) is 4.99 Å². The number of isocyanates is 1. The van der Waals surface area contributed by atoms with Gasteiger partial charge in [-0.15, -0.1) is 0 Å². The van der Waals surface area contributed by atoms with Gasteiger partial charge in [-0.3, -0.25) is 4.79 Å². The van der Waals surface area contributed by atoms with Crippen molar-refractivity contribution in [3.63, 3.8) is 0 Å². The predicted octanol–water partition coefficient (Wildman–Crippen LogP) is 0.366. The minimum absolute atomic E-state index is 0.543. The molecule has 1 unspecified atom stereocenters. The summed E-state index contributed by atoms with van der Waals surface area (Å²) in [7, 11) is 0. The normalized spacial score (nSPS) is 11.7. The minimum atomic E-state index is -0.674. The Labute approximate surface area is 65.5 Å². The summed E-state index contributed by atoms with van der Waals surface area (Å²) in [4.78, 5) is 23.6. The van der Waals surface area contributed by atoms with Gasteiger partial charge in [0.1, 0.15) is 6.04 Å². The van der Waals surface area contributed by atoms with E-state index < -0.39 is 11.9 Å². The highest BCUT2D eigenvalue weighted by Gasteiger charge is 2.11. The maximum Gasteiger partial charge on any atom is 0.243 e. The molecule has 1 amide bonds. The first kappa shape index (κ1) is 9.85. The molecule has 62 valence electrons. The fourth-order valence-electron chi connectivity index (χ4n) is 0.732. The average Bonchev–Trinajstić information content (AvgIpc) is 1.97. The van der Waals surface area contributed by atoms with Crippen molar-refractivity contribution >= 4 is 12.0 Å². The molecule has 0 aromatic carbocycles. The standard InChI is InChI=1S/C7H12N2O2/c1-2-3-4-6(7(8)11)9-5-10/h6H,2-4H2,1H3,(H2,8,11). The molecule has 0 spiro atoms. The molecule has 0 heterocycles. The van der Waals surface area contributed by atoms with E-state index in [9.17, 15) is 9.59 Å². The van der Waals surface area contributed by atoms with Crippen LogP contribution in [0.5, 0.6) is 0 Å². The third-order valence-electron chi connectivity index (χ3n) is 1.37. The molecule has 0 bridgehead atoms. The zero-order valence-electron chi connectivity index (χ0n) is 6.54. The number of rotatable bonds is 5. The van der Waals surface area contributed by atoms with E-state index in [1.807, 2.05) is 6.92 Å². The number of carbonyl (C=O) groups excluding carboxylic acids is 2. The summed E-state index contributed by atoms with van der Waals surface area (Å²) < 4.78 is 0. The van der Waals surface area contributed by atoms with E-state index in [0.717, 1.165) is 12.8 Å². The molecular formula is C7H12N2O2. The topological polar surface area (TPSA) is 72.5 Å². The molecule has 0 radical (unpaired) electrons. The largest absolute Gasteiger partial charge is 0.368 e. The summed E-state index contributed by atoms with van der Waals surface area (Å²) in [5.74, 6) is -0.554. The van der Waals surface area contributed by atoms with E-state index in [4.69, 9.17) is 5.73 Å². The van der Waals surface area contributed by atoms with Crippen LogP contribution >= 0.6 is 0 Å². The summed E-state index contributed by atoms with van der Waals surface area (Å²) >= 11 is 0. The Morgan fingerprint density at radius 1 is 1.73 bits per heavy atom. The number of primary amides is 1. The van der Waals surface area contributed by atoms with E-state index in [-0.39, 0.29) is 0 Å². The second kappa shape index (κ2) is 5.62. The van der Waals surface area contributed by atoms with Crippen LogP contribution in [0.4, 0.5) is 0 Å².